The minimum atomic E-state index is -0.222. The fourth-order valence-corrected chi connectivity index (χ4v) is 3.56. The summed E-state index contributed by atoms with van der Waals surface area (Å²) in [5.41, 5.74) is 2.90. The summed E-state index contributed by atoms with van der Waals surface area (Å²) >= 11 is 2.90. The van der Waals surface area contributed by atoms with Gasteiger partial charge < -0.3 is 5.32 Å². The SMILES string of the molecule is Cc1ccc(S[C@H](C)C(=O)Nc2sccc2C#N)c(C)c1. The number of anilines is 1. The molecular formula is C16H16N2OS2. The Hall–Kier alpha value is -1.77. The van der Waals surface area contributed by atoms with E-state index in [1.807, 2.05) is 26.0 Å². The lowest BCUT2D eigenvalue weighted by Crippen LogP contribution is -2.22. The second-order valence-corrected chi connectivity index (χ2v) is 7.09. The molecule has 21 heavy (non-hydrogen) atoms. The van der Waals surface area contributed by atoms with E-state index in [0.717, 1.165) is 4.90 Å². The number of benzene rings is 1. The molecule has 0 bridgehead atoms. The maximum atomic E-state index is 12.2. The van der Waals surface area contributed by atoms with Crippen LogP contribution in [0, 0.1) is 25.2 Å². The first-order valence-corrected chi connectivity index (χ1v) is 8.29. The van der Waals surface area contributed by atoms with Crippen LogP contribution in [0.25, 0.3) is 0 Å². The van der Waals surface area contributed by atoms with Crippen molar-refractivity contribution in [2.24, 2.45) is 0 Å². The summed E-state index contributed by atoms with van der Waals surface area (Å²) in [6.45, 7) is 5.98. The smallest absolute Gasteiger partial charge is 0.238 e. The molecule has 1 atom stereocenters. The average Bonchev–Trinajstić information content (AvgIpc) is 2.89. The molecule has 0 aliphatic rings. The number of hydrogen-bond donors (Lipinski definition) is 1. The lowest BCUT2D eigenvalue weighted by Gasteiger charge is -2.13. The van der Waals surface area contributed by atoms with Crippen molar-refractivity contribution in [2.45, 2.75) is 30.9 Å². The van der Waals surface area contributed by atoms with Crippen LogP contribution in [0.5, 0.6) is 0 Å². The van der Waals surface area contributed by atoms with Crippen LogP contribution in [-0.2, 0) is 4.79 Å². The van der Waals surface area contributed by atoms with Gasteiger partial charge >= 0.3 is 0 Å². The van der Waals surface area contributed by atoms with E-state index in [1.54, 1.807) is 11.4 Å². The molecule has 5 heteroatoms. The summed E-state index contributed by atoms with van der Waals surface area (Å²) < 4.78 is 0. The van der Waals surface area contributed by atoms with Gasteiger partial charge in [-0.25, -0.2) is 0 Å². The number of nitrogens with zero attached hydrogens (tertiary/aromatic N) is 1. The van der Waals surface area contributed by atoms with E-state index in [2.05, 4.69) is 24.4 Å². The van der Waals surface area contributed by atoms with Crippen LogP contribution in [0.15, 0.2) is 34.5 Å². The van der Waals surface area contributed by atoms with E-state index >= 15 is 0 Å². The number of thioether (sulfide) groups is 1. The summed E-state index contributed by atoms with van der Waals surface area (Å²) in [4.78, 5) is 13.3. The van der Waals surface area contributed by atoms with Gasteiger partial charge in [-0.15, -0.1) is 23.1 Å². The van der Waals surface area contributed by atoms with Crippen molar-refractivity contribution in [2.75, 3.05) is 5.32 Å². The number of rotatable bonds is 4. The van der Waals surface area contributed by atoms with Crippen LogP contribution in [0.2, 0.25) is 0 Å². The first-order valence-electron chi connectivity index (χ1n) is 6.53. The molecule has 2 rings (SSSR count). The molecule has 0 saturated carbocycles. The molecule has 1 heterocycles. The van der Waals surface area contributed by atoms with Gasteiger partial charge in [-0.05, 0) is 43.8 Å². The fourth-order valence-electron chi connectivity index (χ4n) is 1.88. The Labute approximate surface area is 133 Å². The van der Waals surface area contributed by atoms with E-state index in [0.29, 0.717) is 10.6 Å². The van der Waals surface area contributed by atoms with Crippen LogP contribution in [-0.4, -0.2) is 11.2 Å². The van der Waals surface area contributed by atoms with E-state index < -0.39 is 0 Å². The van der Waals surface area contributed by atoms with Gasteiger partial charge in [0.15, 0.2) is 0 Å². The third-order valence-corrected chi connectivity index (χ3v) is 5.14. The number of nitrogens with one attached hydrogen (secondary N) is 1. The van der Waals surface area contributed by atoms with E-state index in [1.165, 1.54) is 34.2 Å². The Morgan fingerprint density at radius 2 is 2.14 bits per heavy atom. The summed E-state index contributed by atoms with van der Waals surface area (Å²) in [6, 6.07) is 9.99. The number of amides is 1. The zero-order valence-electron chi connectivity index (χ0n) is 12.1. The zero-order chi connectivity index (χ0) is 15.4. The number of hydrogen-bond acceptors (Lipinski definition) is 4. The van der Waals surface area contributed by atoms with E-state index in [9.17, 15) is 4.79 Å². The molecule has 0 unspecified atom stereocenters. The van der Waals surface area contributed by atoms with Crippen LogP contribution in [0.1, 0.15) is 23.6 Å². The normalized spacial score (nSPS) is 11.7. The third kappa shape index (κ3) is 3.87. The number of nitriles is 1. The van der Waals surface area contributed by atoms with Gasteiger partial charge in [0.2, 0.25) is 5.91 Å². The summed E-state index contributed by atoms with van der Waals surface area (Å²) in [7, 11) is 0. The molecule has 0 radical (unpaired) electrons. The van der Waals surface area contributed by atoms with Crippen molar-refractivity contribution in [3.63, 3.8) is 0 Å². The Morgan fingerprint density at radius 3 is 2.81 bits per heavy atom. The van der Waals surface area contributed by atoms with Gasteiger partial charge in [-0.2, -0.15) is 5.26 Å². The van der Waals surface area contributed by atoms with Gasteiger partial charge in [-0.3, -0.25) is 4.79 Å². The highest BCUT2D eigenvalue weighted by molar-refractivity contribution is 8.00. The van der Waals surface area contributed by atoms with Crippen molar-refractivity contribution >= 4 is 34.0 Å². The molecule has 0 aliphatic carbocycles. The molecule has 1 N–H and O–H groups in total. The monoisotopic (exact) mass is 316 g/mol. The largest absolute Gasteiger partial charge is 0.316 e. The highest BCUT2D eigenvalue weighted by Crippen LogP contribution is 2.29. The average molecular weight is 316 g/mol. The fraction of sp³-hybridized carbons (Fsp3) is 0.250. The van der Waals surface area contributed by atoms with Gasteiger partial charge in [0.25, 0.3) is 0 Å². The van der Waals surface area contributed by atoms with Gasteiger partial charge in [-0.1, -0.05) is 17.7 Å². The van der Waals surface area contributed by atoms with Crippen molar-refractivity contribution in [1.82, 2.24) is 0 Å². The first kappa shape index (κ1) is 15.6. The Balaban J connectivity index is 2.05. The van der Waals surface area contributed by atoms with E-state index in [-0.39, 0.29) is 11.2 Å². The number of carbonyl (C=O) groups is 1. The minimum absolute atomic E-state index is 0.0843. The predicted octanol–water partition coefficient (Wildman–Crippen LogP) is 4.36. The van der Waals surface area contributed by atoms with Crippen molar-refractivity contribution < 1.29 is 4.79 Å². The topological polar surface area (TPSA) is 52.9 Å². The van der Waals surface area contributed by atoms with Crippen molar-refractivity contribution in [3.05, 3.63) is 46.3 Å². The van der Waals surface area contributed by atoms with Crippen LogP contribution in [0.3, 0.4) is 0 Å². The highest BCUT2D eigenvalue weighted by Gasteiger charge is 2.17. The maximum absolute atomic E-state index is 12.2. The second kappa shape index (κ2) is 6.79. The second-order valence-electron chi connectivity index (χ2n) is 4.79. The molecule has 0 fully saturated rings. The molecule has 0 aliphatic heterocycles. The quantitative estimate of drug-likeness (QED) is 0.853. The van der Waals surface area contributed by atoms with Gasteiger partial charge in [0, 0.05) is 4.90 Å². The molecule has 0 saturated heterocycles. The molecule has 3 nitrogen and oxygen atoms in total. The number of carbonyl (C=O) groups excluding carboxylic acids is 1. The van der Waals surface area contributed by atoms with Gasteiger partial charge in [0.05, 0.1) is 10.8 Å². The molecule has 108 valence electrons. The predicted molar refractivity (Wildman–Crippen MR) is 88.9 cm³/mol. The molecule has 1 amide bonds. The van der Waals surface area contributed by atoms with Crippen LogP contribution >= 0.6 is 23.1 Å². The third-order valence-electron chi connectivity index (χ3n) is 3.03. The van der Waals surface area contributed by atoms with Crippen LogP contribution in [0.4, 0.5) is 5.00 Å². The Morgan fingerprint density at radius 1 is 1.38 bits per heavy atom. The Bertz CT molecular complexity index is 701. The molecular weight excluding hydrogens is 300 g/mol. The standard InChI is InChI=1S/C16H16N2OS2/c1-10-4-5-14(11(2)8-10)21-12(3)15(19)18-16-13(9-17)6-7-20-16/h4-8,12H,1-3H3,(H,18,19)/t12-/m1/s1. The highest BCUT2D eigenvalue weighted by atomic mass is 32.2. The van der Waals surface area contributed by atoms with Crippen molar-refractivity contribution in [1.29, 1.82) is 5.26 Å². The molecule has 1 aromatic carbocycles. The first-order chi connectivity index (χ1) is 10.0. The van der Waals surface area contributed by atoms with E-state index in [4.69, 9.17) is 5.26 Å². The Kier molecular flexibility index (Phi) is 5.05. The molecule has 1 aromatic heterocycles. The lowest BCUT2D eigenvalue weighted by molar-refractivity contribution is -0.115. The number of aryl methyl sites for hydroxylation is 2. The number of thiophene rings is 1. The lowest BCUT2D eigenvalue weighted by atomic mass is 10.2. The summed E-state index contributed by atoms with van der Waals surface area (Å²) in [5.74, 6) is -0.0843. The van der Waals surface area contributed by atoms with Crippen molar-refractivity contribution in [3.8, 4) is 6.07 Å². The van der Waals surface area contributed by atoms with Gasteiger partial charge in [0.1, 0.15) is 11.1 Å². The molecule has 2 aromatic rings. The maximum Gasteiger partial charge on any atom is 0.238 e. The zero-order valence-corrected chi connectivity index (χ0v) is 13.8. The summed E-state index contributed by atoms with van der Waals surface area (Å²) in [5, 5.41) is 14.0. The minimum Gasteiger partial charge on any atom is -0.316 e. The molecule has 0 spiro atoms. The summed E-state index contributed by atoms with van der Waals surface area (Å²) in [6.07, 6.45) is 0. The van der Waals surface area contributed by atoms with Crippen LogP contribution < -0.4 is 5.32 Å².